The van der Waals surface area contributed by atoms with E-state index in [9.17, 15) is 14.9 Å². The average Bonchev–Trinajstić information content (AvgIpc) is 3.14. The van der Waals surface area contributed by atoms with Gasteiger partial charge in [-0.25, -0.2) is 0 Å². The van der Waals surface area contributed by atoms with E-state index in [1.54, 1.807) is 12.3 Å². The maximum atomic E-state index is 12.8. The van der Waals surface area contributed by atoms with E-state index in [4.69, 9.17) is 0 Å². The van der Waals surface area contributed by atoms with Gasteiger partial charge < -0.3 is 15.2 Å². The maximum Gasteiger partial charge on any atom is 0.266 e. The third-order valence-corrected chi connectivity index (χ3v) is 5.34. The SMILES string of the molecule is Cc1cc(C)cc(NC(=O)/C(C#N)=C/c2cn(CC(=O)Nc3ccccc3)c3ccccc23)c1. The summed E-state index contributed by atoms with van der Waals surface area (Å²) in [6, 6.07) is 24.6. The second-order valence-electron chi connectivity index (χ2n) is 8.14. The van der Waals surface area contributed by atoms with Gasteiger partial charge in [-0.2, -0.15) is 5.26 Å². The zero-order valence-electron chi connectivity index (χ0n) is 19.0. The second-order valence-corrected chi connectivity index (χ2v) is 8.14. The number of amides is 2. The van der Waals surface area contributed by atoms with Crippen LogP contribution in [0.5, 0.6) is 0 Å². The van der Waals surface area contributed by atoms with Crippen molar-refractivity contribution in [2.45, 2.75) is 20.4 Å². The fourth-order valence-corrected chi connectivity index (χ4v) is 3.95. The van der Waals surface area contributed by atoms with Crippen molar-refractivity contribution >= 4 is 40.2 Å². The molecule has 0 aliphatic rings. The summed E-state index contributed by atoms with van der Waals surface area (Å²) in [5.41, 5.74) is 4.92. The number of hydrogen-bond donors (Lipinski definition) is 2. The molecule has 0 radical (unpaired) electrons. The highest BCUT2D eigenvalue weighted by Crippen LogP contribution is 2.24. The average molecular weight is 449 g/mol. The molecule has 0 atom stereocenters. The van der Waals surface area contributed by atoms with Crippen LogP contribution in [0.2, 0.25) is 0 Å². The Morgan fingerprint density at radius 3 is 2.29 bits per heavy atom. The van der Waals surface area contributed by atoms with Gasteiger partial charge in [0.25, 0.3) is 5.91 Å². The lowest BCUT2D eigenvalue weighted by Gasteiger charge is -2.07. The molecule has 0 fully saturated rings. The lowest BCUT2D eigenvalue weighted by molar-refractivity contribution is -0.116. The van der Waals surface area contributed by atoms with Gasteiger partial charge in [-0.3, -0.25) is 9.59 Å². The smallest absolute Gasteiger partial charge is 0.266 e. The minimum atomic E-state index is -0.480. The monoisotopic (exact) mass is 448 g/mol. The van der Waals surface area contributed by atoms with Crippen LogP contribution < -0.4 is 10.6 Å². The highest BCUT2D eigenvalue weighted by molar-refractivity contribution is 6.11. The minimum absolute atomic E-state index is 0.0178. The summed E-state index contributed by atoms with van der Waals surface area (Å²) in [7, 11) is 0. The standard InChI is InChI=1S/C28H24N4O2/c1-19-12-20(2)14-24(13-19)31-28(34)21(16-29)15-22-17-32(26-11-7-6-10-25(22)26)18-27(33)30-23-8-4-3-5-9-23/h3-15,17H,18H2,1-2H3,(H,30,33)(H,31,34)/b21-15+. The first kappa shape index (κ1) is 22.6. The molecule has 1 heterocycles. The molecule has 6 heteroatoms. The summed E-state index contributed by atoms with van der Waals surface area (Å²) < 4.78 is 1.82. The number of rotatable bonds is 6. The van der Waals surface area contributed by atoms with E-state index < -0.39 is 5.91 Å². The Morgan fingerprint density at radius 2 is 1.59 bits per heavy atom. The first-order valence-corrected chi connectivity index (χ1v) is 10.9. The summed E-state index contributed by atoms with van der Waals surface area (Å²) in [6.45, 7) is 4.00. The van der Waals surface area contributed by atoms with E-state index in [1.165, 1.54) is 0 Å². The number of benzene rings is 3. The van der Waals surface area contributed by atoms with Crippen LogP contribution in [-0.4, -0.2) is 16.4 Å². The zero-order chi connectivity index (χ0) is 24.1. The molecule has 1 aromatic heterocycles. The van der Waals surface area contributed by atoms with Crippen molar-refractivity contribution in [2.24, 2.45) is 0 Å². The predicted molar refractivity (Wildman–Crippen MR) is 135 cm³/mol. The van der Waals surface area contributed by atoms with Crippen molar-refractivity contribution in [2.75, 3.05) is 10.6 Å². The van der Waals surface area contributed by atoms with Crippen LogP contribution >= 0.6 is 0 Å². The summed E-state index contributed by atoms with van der Waals surface area (Å²) in [5.74, 6) is -0.651. The van der Waals surface area contributed by atoms with Crippen LogP contribution in [0.4, 0.5) is 11.4 Å². The van der Waals surface area contributed by atoms with Crippen LogP contribution in [0.25, 0.3) is 17.0 Å². The Balaban J connectivity index is 1.61. The van der Waals surface area contributed by atoms with Crippen LogP contribution in [0, 0.1) is 25.2 Å². The van der Waals surface area contributed by atoms with Gasteiger partial charge in [-0.1, -0.05) is 42.5 Å². The Hall–Kier alpha value is -4.63. The van der Waals surface area contributed by atoms with Gasteiger partial charge in [-0.05, 0) is 61.4 Å². The van der Waals surface area contributed by atoms with E-state index >= 15 is 0 Å². The van der Waals surface area contributed by atoms with Gasteiger partial charge in [0.15, 0.2) is 0 Å². The van der Waals surface area contributed by atoms with Crippen molar-refractivity contribution in [3.63, 3.8) is 0 Å². The molecular formula is C28H24N4O2. The molecule has 0 bridgehead atoms. The van der Waals surface area contributed by atoms with E-state index in [0.717, 1.165) is 27.7 Å². The molecule has 168 valence electrons. The van der Waals surface area contributed by atoms with Crippen molar-refractivity contribution in [3.8, 4) is 6.07 Å². The molecule has 6 nitrogen and oxygen atoms in total. The Labute approximate surface area is 198 Å². The van der Waals surface area contributed by atoms with Gasteiger partial charge >= 0.3 is 0 Å². The predicted octanol–water partition coefficient (Wildman–Crippen LogP) is 5.44. The summed E-state index contributed by atoms with van der Waals surface area (Å²) in [5, 5.41) is 16.2. The van der Waals surface area contributed by atoms with Crippen LogP contribution in [0.3, 0.4) is 0 Å². The molecule has 0 aliphatic carbocycles. The molecule has 2 amide bonds. The number of aryl methyl sites for hydroxylation is 2. The third kappa shape index (κ3) is 5.22. The van der Waals surface area contributed by atoms with Crippen molar-refractivity contribution in [1.29, 1.82) is 5.26 Å². The number of nitrogens with one attached hydrogen (secondary N) is 2. The molecule has 0 saturated carbocycles. The highest BCUT2D eigenvalue weighted by Gasteiger charge is 2.14. The molecule has 0 spiro atoms. The second kappa shape index (κ2) is 9.88. The fourth-order valence-electron chi connectivity index (χ4n) is 3.95. The highest BCUT2D eigenvalue weighted by atomic mass is 16.2. The van der Waals surface area contributed by atoms with E-state index in [2.05, 4.69) is 10.6 Å². The lowest BCUT2D eigenvalue weighted by atomic mass is 10.1. The summed E-state index contributed by atoms with van der Waals surface area (Å²) in [6.07, 6.45) is 3.35. The normalized spacial score (nSPS) is 11.1. The van der Waals surface area contributed by atoms with Gasteiger partial charge in [0.1, 0.15) is 18.2 Å². The first-order chi connectivity index (χ1) is 16.4. The summed E-state index contributed by atoms with van der Waals surface area (Å²) in [4.78, 5) is 25.4. The molecule has 0 saturated heterocycles. The number of nitriles is 1. The molecule has 4 aromatic rings. The molecular weight excluding hydrogens is 424 g/mol. The zero-order valence-corrected chi connectivity index (χ0v) is 19.0. The fraction of sp³-hybridized carbons (Fsp3) is 0.107. The van der Waals surface area contributed by atoms with E-state index in [-0.39, 0.29) is 18.0 Å². The number of anilines is 2. The molecule has 34 heavy (non-hydrogen) atoms. The van der Waals surface area contributed by atoms with Crippen LogP contribution in [-0.2, 0) is 16.1 Å². The van der Waals surface area contributed by atoms with Crippen LogP contribution in [0.15, 0.2) is 84.6 Å². The first-order valence-electron chi connectivity index (χ1n) is 10.9. The number of hydrogen-bond acceptors (Lipinski definition) is 3. The molecule has 4 rings (SSSR count). The topological polar surface area (TPSA) is 86.9 Å². The largest absolute Gasteiger partial charge is 0.337 e. The van der Waals surface area contributed by atoms with Gasteiger partial charge in [-0.15, -0.1) is 0 Å². The number of nitrogens with zero attached hydrogens (tertiary/aromatic N) is 2. The lowest BCUT2D eigenvalue weighted by Crippen LogP contribution is -2.18. The number of aromatic nitrogens is 1. The van der Waals surface area contributed by atoms with Crippen molar-refractivity contribution in [3.05, 3.63) is 101 Å². The molecule has 2 N–H and O–H groups in total. The number of fused-ring (bicyclic) bond motifs is 1. The third-order valence-electron chi connectivity index (χ3n) is 5.34. The van der Waals surface area contributed by atoms with Crippen molar-refractivity contribution in [1.82, 2.24) is 4.57 Å². The summed E-state index contributed by atoms with van der Waals surface area (Å²) >= 11 is 0. The number of carbonyl (C=O) groups is 2. The van der Waals surface area contributed by atoms with Gasteiger partial charge in [0.05, 0.1) is 0 Å². The Bertz CT molecular complexity index is 1420. The van der Waals surface area contributed by atoms with Crippen LogP contribution in [0.1, 0.15) is 16.7 Å². The van der Waals surface area contributed by atoms with Gasteiger partial charge in [0.2, 0.25) is 5.91 Å². The maximum absolute atomic E-state index is 12.8. The minimum Gasteiger partial charge on any atom is -0.337 e. The Morgan fingerprint density at radius 1 is 0.912 bits per heavy atom. The quantitative estimate of drug-likeness (QED) is 0.304. The van der Waals surface area contributed by atoms with Crippen molar-refractivity contribution < 1.29 is 9.59 Å². The number of carbonyl (C=O) groups excluding carboxylic acids is 2. The van der Waals surface area contributed by atoms with E-state index in [1.807, 2.05) is 97.3 Å². The van der Waals surface area contributed by atoms with E-state index in [0.29, 0.717) is 11.3 Å². The Kier molecular flexibility index (Phi) is 6.56. The number of para-hydroxylation sites is 2. The molecule has 3 aromatic carbocycles. The molecule has 0 unspecified atom stereocenters. The van der Waals surface area contributed by atoms with Gasteiger partial charge in [0, 0.05) is 34.0 Å². The molecule has 0 aliphatic heterocycles.